The number of anilines is 2. The molecule has 0 aromatic heterocycles. The fourth-order valence-corrected chi connectivity index (χ4v) is 3.39. The van der Waals surface area contributed by atoms with E-state index in [-0.39, 0.29) is 11.8 Å². The minimum Gasteiger partial charge on any atom is -0.455 e. The standard InChI is InChI=1S/C23H24FN3O5/c1-15(28)25-19-6-8-20(9-7-19)26-21(29)14-32-23(31)17-10-12-27(13-11-17)22(30)16-2-4-18(24)5-3-16/h2-9,17H,10-14H2,1H3,(H,25,28)(H,26,29). The second kappa shape index (κ2) is 10.5. The number of benzene rings is 2. The van der Waals surface area contributed by atoms with Crippen LogP contribution in [-0.2, 0) is 19.1 Å². The van der Waals surface area contributed by atoms with Crippen LogP contribution in [0.4, 0.5) is 15.8 Å². The Hall–Kier alpha value is -3.75. The molecule has 0 radical (unpaired) electrons. The molecule has 0 spiro atoms. The van der Waals surface area contributed by atoms with E-state index in [1.165, 1.54) is 31.2 Å². The summed E-state index contributed by atoms with van der Waals surface area (Å²) in [5.41, 5.74) is 1.51. The van der Waals surface area contributed by atoms with Crippen molar-refractivity contribution in [3.8, 4) is 0 Å². The second-order valence-corrected chi connectivity index (χ2v) is 7.49. The number of ether oxygens (including phenoxy) is 1. The van der Waals surface area contributed by atoms with Gasteiger partial charge in [0.05, 0.1) is 5.92 Å². The quantitative estimate of drug-likeness (QED) is 0.671. The minimum absolute atomic E-state index is 0.195. The lowest BCUT2D eigenvalue weighted by Crippen LogP contribution is -2.41. The van der Waals surface area contributed by atoms with Crippen LogP contribution >= 0.6 is 0 Å². The van der Waals surface area contributed by atoms with Gasteiger partial charge < -0.3 is 20.3 Å². The molecule has 1 aliphatic rings. The molecule has 3 rings (SSSR count). The zero-order valence-corrected chi connectivity index (χ0v) is 17.6. The first kappa shape index (κ1) is 22.9. The molecule has 2 aromatic carbocycles. The molecular formula is C23H24FN3O5. The third-order valence-corrected chi connectivity index (χ3v) is 5.04. The summed E-state index contributed by atoms with van der Waals surface area (Å²) in [6.45, 7) is 1.74. The van der Waals surface area contributed by atoms with E-state index in [0.29, 0.717) is 42.9 Å². The summed E-state index contributed by atoms with van der Waals surface area (Å²) in [5, 5.41) is 5.24. The highest BCUT2D eigenvalue weighted by atomic mass is 19.1. The molecule has 0 atom stereocenters. The van der Waals surface area contributed by atoms with Gasteiger partial charge in [0.15, 0.2) is 6.61 Å². The molecule has 9 heteroatoms. The fraction of sp³-hybridized carbons (Fsp3) is 0.304. The van der Waals surface area contributed by atoms with E-state index < -0.39 is 30.2 Å². The average Bonchev–Trinajstić information content (AvgIpc) is 2.78. The number of hydrogen-bond donors (Lipinski definition) is 2. The number of amides is 3. The summed E-state index contributed by atoms with van der Waals surface area (Å²) in [6.07, 6.45) is 0.857. The highest BCUT2D eigenvalue weighted by Crippen LogP contribution is 2.21. The van der Waals surface area contributed by atoms with Crippen molar-refractivity contribution in [3.05, 3.63) is 59.9 Å². The predicted octanol–water partition coefficient (Wildman–Crippen LogP) is 2.82. The van der Waals surface area contributed by atoms with E-state index >= 15 is 0 Å². The summed E-state index contributed by atoms with van der Waals surface area (Å²) in [7, 11) is 0. The van der Waals surface area contributed by atoms with Gasteiger partial charge in [-0.2, -0.15) is 0 Å². The number of halogens is 1. The normalized spacial score (nSPS) is 13.9. The number of nitrogens with zero attached hydrogens (tertiary/aromatic N) is 1. The number of carbonyl (C=O) groups excluding carboxylic acids is 4. The van der Waals surface area contributed by atoms with Crippen LogP contribution in [-0.4, -0.2) is 48.3 Å². The largest absolute Gasteiger partial charge is 0.455 e. The van der Waals surface area contributed by atoms with E-state index in [4.69, 9.17) is 4.74 Å². The first-order chi connectivity index (χ1) is 15.3. The summed E-state index contributed by atoms with van der Waals surface area (Å²) in [4.78, 5) is 49.5. The van der Waals surface area contributed by atoms with E-state index in [1.54, 1.807) is 29.2 Å². The van der Waals surface area contributed by atoms with Crippen molar-refractivity contribution in [2.24, 2.45) is 5.92 Å². The van der Waals surface area contributed by atoms with Gasteiger partial charge >= 0.3 is 5.97 Å². The van der Waals surface area contributed by atoms with Crippen LogP contribution in [0, 0.1) is 11.7 Å². The molecule has 8 nitrogen and oxygen atoms in total. The first-order valence-corrected chi connectivity index (χ1v) is 10.2. The lowest BCUT2D eigenvalue weighted by atomic mass is 9.96. The molecular weight excluding hydrogens is 417 g/mol. The van der Waals surface area contributed by atoms with Gasteiger partial charge in [-0.1, -0.05) is 0 Å². The third kappa shape index (κ3) is 6.37. The average molecular weight is 441 g/mol. The summed E-state index contributed by atoms with van der Waals surface area (Å²) < 4.78 is 18.2. The Morgan fingerprint density at radius 2 is 1.50 bits per heavy atom. The maximum atomic E-state index is 13.0. The maximum absolute atomic E-state index is 13.0. The van der Waals surface area contributed by atoms with Crippen LogP contribution in [0.3, 0.4) is 0 Å². The molecule has 2 N–H and O–H groups in total. The monoisotopic (exact) mass is 441 g/mol. The topological polar surface area (TPSA) is 105 Å². The molecule has 1 aliphatic heterocycles. The van der Waals surface area contributed by atoms with Gasteiger partial charge in [0, 0.05) is 37.0 Å². The van der Waals surface area contributed by atoms with E-state index in [9.17, 15) is 23.6 Å². The molecule has 2 aromatic rings. The van der Waals surface area contributed by atoms with Crippen LogP contribution in [0.15, 0.2) is 48.5 Å². The number of carbonyl (C=O) groups is 4. The van der Waals surface area contributed by atoms with Gasteiger partial charge in [-0.25, -0.2) is 4.39 Å². The van der Waals surface area contributed by atoms with E-state index in [2.05, 4.69) is 10.6 Å². The van der Waals surface area contributed by atoms with Crippen molar-refractivity contribution in [1.29, 1.82) is 0 Å². The molecule has 168 valence electrons. The van der Waals surface area contributed by atoms with Crippen molar-refractivity contribution in [2.45, 2.75) is 19.8 Å². The Bertz CT molecular complexity index is 984. The Labute approximate surface area is 184 Å². The summed E-state index contributed by atoms with van der Waals surface area (Å²) in [6, 6.07) is 11.9. The maximum Gasteiger partial charge on any atom is 0.309 e. The van der Waals surface area contributed by atoms with Gasteiger partial charge in [-0.3, -0.25) is 19.2 Å². The number of esters is 1. The van der Waals surface area contributed by atoms with E-state index in [1.807, 2.05) is 0 Å². The van der Waals surface area contributed by atoms with Gasteiger partial charge in [0.2, 0.25) is 5.91 Å². The van der Waals surface area contributed by atoms with Crippen molar-refractivity contribution >= 4 is 35.1 Å². The van der Waals surface area contributed by atoms with Crippen molar-refractivity contribution in [3.63, 3.8) is 0 Å². The number of nitrogens with one attached hydrogen (secondary N) is 2. The number of rotatable bonds is 6. The Balaban J connectivity index is 1.41. The molecule has 1 fully saturated rings. The summed E-state index contributed by atoms with van der Waals surface area (Å²) in [5.74, 6) is -2.16. The van der Waals surface area contributed by atoms with Gasteiger partial charge in [-0.15, -0.1) is 0 Å². The van der Waals surface area contributed by atoms with Crippen LogP contribution in [0.25, 0.3) is 0 Å². The molecule has 0 bridgehead atoms. The first-order valence-electron chi connectivity index (χ1n) is 10.2. The van der Waals surface area contributed by atoms with Crippen molar-refractivity contribution in [2.75, 3.05) is 30.3 Å². The number of hydrogen-bond acceptors (Lipinski definition) is 5. The van der Waals surface area contributed by atoms with E-state index in [0.717, 1.165) is 0 Å². The predicted molar refractivity (Wildman–Crippen MR) is 115 cm³/mol. The zero-order valence-electron chi connectivity index (χ0n) is 17.6. The van der Waals surface area contributed by atoms with Crippen LogP contribution in [0.2, 0.25) is 0 Å². The Morgan fingerprint density at radius 1 is 0.938 bits per heavy atom. The van der Waals surface area contributed by atoms with Crippen molar-refractivity contribution < 1.29 is 28.3 Å². The lowest BCUT2D eigenvalue weighted by Gasteiger charge is -2.31. The van der Waals surface area contributed by atoms with Gasteiger partial charge in [0.1, 0.15) is 5.82 Å². The van der Waals surface area contributed by atoms with Gasteiger partial charge in [0.25, 0.3) is 11.8 Å². The minimum atomic E-state index is -0.477. The molecule has 0 saturated carbocycles. The molecule has 3 amide bonds. The lowest BCUT2D eigenvalue weighted by molar-refractivity contribution is -0.152. The van der Waals surface area contributed by atoms with Crippen LogP contribution in [0.1, 0.15) is 30.1 Å². The number of piperidine rings is 1. The molecule has 1 saturated heterocycles. The fourth-order valence-electron chi connectivity index (χ4n) is 3.39. The number of likely N-dealkylation sites (tertiary alicyclic amines) is 1. The van der Waals surface area contributed by atoms with Crippen molar-refractivity contribution in [1.82, 2.24) is 4.90 Å². The molecule has 0 aliphatic carbocycles. The van der Waals surface area contributed by atoms with Gasteiger partial charge in [-0.05, 0) is 61.4 Å². The van der Waals surface area contributed by atoms with Crippen LogP contribution in [0.5, 0.6) is 0 Å². The molecule has 32 heavy (non-hydrogen) atoms. The highest BCUT2D eigenvalue weighted by Gasteiger charge is 2.29. The molecule has 0 unspecified atom stereocenters. The Kier molecular flexibility index (Phi) is 7.54. The smallest absolute Gasteiger partial charge is 0.309 e. The molecule has 1 heterocycles. The second-order valence-electron chi connectivity index (χ2n) is 7.49. The Morgan fingerprint density at radius 3 is 2.06 bits per heavy atom. The SMILES string of the molecule is CC(=O)Nc1ccc(NC(=O)COC(=O)C2CCN(C(=O)c3ccc(F)cc3)CC2)cc1. The highest BCUT2D eigenvalue weighted by molar-refractivity contribution is 5.95. The zero-order chi connectivity index (χ0) is 23.1. The summed E-state index contributed by atoms with van der Waals surface area (Å²) >= 11 is 0. The third-order valence-electron chi connectivity index (χ3n) is 5.04. The van der Waals surface area contributed by atoms with Crippen LogP contribution < -0.4 is 10.6 Å².